The Balaban J connectivity index is 1.96. The van der Waals surface area contributed by atoms with Crippen LogP contribution in [0.3, 0.4) is 0 Å². The molecule has 1 fully saturated rings. The van der Waals surface area contributed by atoms with Gasteiger partial charge in [0.2, 0.25) is 0 Å². The van der Waals surface area contributed by atoms with Gasteiger partial charge in [-0.25, -0.2) is 9.18 Å². The van der Waals surface area contributed by atoms with Gasteiger partial charge in [-0.3, -0.25) is 0 Å². The van der Waals surface area contributed by atoms with E-state index >= 15 is 0 Å². The van der Waals surface area contributed by atoms with Crippen LogP contribution in [-0.4, -0.2) is 17.7 Å². The van der Waals surface area contributed by atoms with Crippen molar-refractivity contribution in [1.29, 1.82) is 0 Å². The van der Waals surface area contributed by atoms with Crippen molar-refractivity contribution in [3.8, 4) is 5.75 Å². The number of carbonyl (C=O) groups is 1. The minimum absolute atomic E-state index is 0.0753. The van der Waals surface area contributed by atoms with Gasteiger partial charge in [0.1, 0.15) is 11.6 Å². The number of esters is 1. The molecule has 28 heavy (non-hydrogen) atoms. The molecule has 1 N–H and O–H groups in total. The first-order chi connectivity index (χ1) is 13.6. The van der Waals surface area contributed by atoms with Gasteiger partial charge in [-0.1, -0.05) is 36.3 Å². The van der Waals surface area contributed by atoms with E-state index in [1.54, 1.807) is 19.1 Å². The monoisotopic (exact) mass is 380 g/mol. The molecule has 4 heteroatoms. The van der Waals surface area contributed by atoms with Crippen LogP contribution < -0.4 is 0 Å². The van der Waals surface area contributed by atoms with Crippen molar-refractivity contribution in [2.45, 2.75) is 39.0 Å². The molecule has 2 aromatic rings. The van der Waals surface area contributed by atoms with Gasteiger partial charge in [-0.2, -0.15) is 0 Å². The average molecular weight is 380 g/mol. The lowest BCUT2D eigenvalue weighted by atomic mass is 9.84. The zero-order chi connectivity index (χ0) is 19.9. The first kappa shape index (κ1) is 19.9. The first-order valence-corrected chi connectivity index (χ1v) is 9.74. The lowest BCUT2D eigenvalue weighted by Crippen LogP contribution is -2.02. The third kappa shape index (κ3) is 4.89. The van der Waals surface area contributed by atoms with Crippen molar-refractivity contribution in [3.05, 3.63) is 76.6 Å². The molecule has 0 aromatic heterocycles. The zero-order valence-corrected chi connectivity index (χ0v) is 16.1. The number of allylic oxidation sites excluding steroid dienone is 1. The summed E-state index contributed by atoms with van der Waals surface area (Å²) in [6, 6.07) is 12.1. The molecule has 0 heterocycles. The predicted molar refractivity (Wildman–Crippen MR) is 109 cm³/mol. The highest BCUT2D eigenvalue weighted by molar-refractivity contribution is 5.87. The Morgan fingerprint density at radius 3 is 2.46 bits per heavy atom. The summed E-state index contributed by atoms with van der Waals surface area (Å²) < 4.78 is 19.5. The molecule has 0 bridgehead atoms. The Labute approximate surface area is 165 Å². The highest BCUT2D eigenvalue weighted by Gasteiger charge is 2.18. The van der Waals surface area contributed by atoms with E-state index in [0.717, 1.165) is 48.4 Å². The molecule has 1 saturated carbocycles. The normalized spacial score (nSPS) is 14.3. The Kier molecular flexibility index (Phi) is 6.64. The number of ether oxygens (including phenoxy) is 1. The molecule has 2 aromatic carbocycles. The van der Waals surface area contributed by atoms with E-state index in [9.17, 15) is 14.3 Å². The maximum absolute atomic E-state index is 14.6. The van der Waals surface area contributed by atoms with Crippen LogP contribution in [-0.2, 0) is 9.53 Å². The summed E-state index contributed by atoms with van der Waals surface area (Å²) in [7, 11) is 0. The van der Waals surface area contributed by atoms with Crippen molar-refractivity contribution in [1.82, 2.24) is 0 Å². The zero-order valence-electron chi connectivity index (χ0n) is 16.1. The number of carbonyl (C=O) groups excluding carboxylic acids is 1. The van der Waals surface area contributed by atoms with Crippen LogP contribution in [0.4, 0.5) is 4.39 Å². The molecule has 0 saturated heterocycles. The van der Waals surface area contributed by atoms with Gasteiger partial charge >= 0.3 is 5.97 Å². The van der Waals surface area contributed by atoms with Crippen LogP contribution in [0.2, 0.25) is 0 Å². The Hall–Kier alpha value is -2.88. The fourth-order valence-electron chi connectivity index (χ4n) is 3.60. The molecule has 3 nitrogen and oxygen atoms in total. The molecule has 3 rings (SSSR count). The fraction of sp³-hybridized carbons (Fsp3) is 0.292. The van der Waals surface area contributed by atoms with E-state index in [1.165, 1.54) is 24.1 Å². The second kappa shape index (κ2) is 9.36. The summed E-state index contributed by atoms with van der Waals surface area (Å²) in [6.07, 6.45) is 8.44. The molecule has 1 aliphatic carbocycles. The number of rotatable bonds is 5. The Morgan fingerprint density at radius 2 is 1.82 bits per heavy atom. The summed E-state index contributed by atoms with van der Waals surface area (Å²) >= 11 is 0. The third-order valence-electron chi connectivity index (χ3n) is 4.93. The van der Waals surface area contributed by atoms with Gasteiger partial charge in [0, 0.05) is 17.7 Å². The highest BCUT2D eigenvalue weighted by atomic mass is 19.1. The largest absolute Gasteiger partial charge is 0.508 e. The summed E-state index contributed by atoms with van der Waals surface area (Å²) in [5.74, 6) is -0.865. The smallest absolute Gasteiger partial charge is 0.330 e. The standard InChI is InChI=1S/C24H25FO3/c1-2-28-23(27)15-10-17-8-11-19(12-9-17)24(18-6-4-3-5-7-18)21-14-13-20(26)16-22(21)25/h8-16,26H,2-7H2,1H3. The summed E-state index contributed by atoms with van der Waals surface area (Å²) in [5.41, 5.74) is 4.50. The maximum atomic E-state index is 14.6. The first-order valence-electron chi connectivity index (χ1n) is 9.74. The van der Waals surface area contributed by atoms with Crippen molar-refractivity contribution in [2.24, 2.45) is 0 Å². The molecule has 0 atom stereocenters. The molecule has 1 aliphatic rings. The number of aromatic hydroxyl groups is 1. The SMILES string of the molecule is CCOC(=O)C=Cc1ccc(C(=C2CCCCC2)c2ccc(O)cc2F)cc1. The van der Waals surface area contributed by atoms with E-state index < -0.39 is 5.82 Å². The van der Waals surface area contributed by atoms with Gasteiger partial charge in [-0.05, 0) is 67.5 Å². The number of phenolic OH excluding ortho intramolecular Hbond substituents is 1. The summed E-state index contributed by atoms with van der Waals surface area (Å²) in [6.45, 7) is 2.11. The van der Waals surface area contributed by atoms with Gasteiger partial charge in [-0.15, -0.1) is 0 Å². The van der Waals surface area contributed by atoms with Crippen molar-refractivity contribution >= 4 is 17.6 Å². The van der Waals surface area contributed by atoms with Crippen LogP contribution in [0, 0.1) is 5.82 Å². The van der Waals surface area contributed by atoms with Crippen LogP contribution in [0.5, 0.6) is 5.75 Å². The summed E-state index contributed by atoms with van der Waals surface area (Å²) in [5, 5.41) is 9.58. The summed E-state index contributed by atoms with van der Waals surface area (Å²) in [4.78, 5) is 11.5. The number of phenols is 1. The van der Waals surface area contributed by atoms with E-state index in [1.807, 2.05) is 24.3 Å². The lowest BCUT2D eigenvalue weighted by molar-refractivity contribution is -0.137. The van der Waals surface area contributed by atoms with Crippen molar-refractivity contribution < 1.29 is 19.0 Å². The lowest BCUT2D eigenvalue weighted by Gasteiger charge is -2.21. The Morgan fingerprint density at radius 1 is 1.11 bits per heavy atom. The third-order valence-corrected chi connectivity index (χ3v) is 4.93. The molecule has 0 unspecified atom stereocenters. The number of hydrogen-bond donors (Lipinski definition) is 1. The minimum atomic E-state index is -0.417. The van der Waals surface area contributed by atoms with Gasteiger partial charge in [0.15, 0.2) is 0 Å². The molecule has 0 aliphatic heterocycles. The van der Waals surface area contributed by atoms with E-state index in [-0.39, 0.29) is 11.7 Å². The molecular formula is C24H25FO3. The maximum Gasteiger partial charge on any atom is 0.330 e. The molecule has 146 valence electrons. The molecule has 0 radical (unpaired) electrons. The number of benzene rings is 2. The number of halogens is 1. The fourth-order valence-corrected chi connectivity index (χ4v) is 3.60. The second-order valence-electron chi connectivity index (χ2n) is 6.91. The highest BCUT2D eigenvalue weighted by Crippen LogP contribution is 2.36. The Bertz CT molecular complexity index is 887. The molecular weight excluding hydrogens is 355 g/mol. The van der Waals surface area contributed by atoms with Gasteiger partial charge in [0.05, 0.1) is 6.61 Å². The predicted octanol–water partition coefficient (Wildman–Crippen LogP) is 5.87. The molecule has 0 amide bonds. The van der Waals surface area contributed by atoms with E-state index in [2.05, 4.69) is 0 Å². The molecule has 0 spiro atoms. The number of hydrogen-bond acceptors (Lipinski definition) is 3. The van der Waals surface area contributed by atoms with Crippen LogP contribution in [0.15, 0.2) is 54.1 Å². The average Bonchev–Trinajstić information content (AvgIpc) is 2.70. The second-order valence-corrected chi connectivity index (χ2v) is 6.91. The minimum Gasteiger partial charge on any atom is -0.508 e. The van der Waals surface area contributed by atoms with Crippen molar-refractivity contribution in [3.63, 3.8) is 0 Å². The van der Waals surface area contributed by atoms with E-state index in [4.69, 9.17) is 4.74 Å². The van der Waals surface area contributed by atoms with Crippen LogP contribution in [0.1, 0.15) is 55.7 Å². The quantitative estimate of drug-likeness (QED) is 0.521. The van der Waals surface area contributed by atoms with Gasteiger partial charge < -0.3 is 9.84 Å². The van der Waals surface area contributed by atoms with Crippen LogP contribution >= 0.6 is 0 Å². The van der Waals surface area contributed by atoms with Crippen LogP contribution in [0.25, 0.3) is 11.6 Å². The van der Waals surface area contributed by atoms with Crippen molar-refractivity contribution in [2.75, 3.05) is 6.61 Å². The van der Waals surface area contributed by atoms with E-state index in [0.29, 0.717) is 12.2 Å². The van der Waals surface area contributed by atoms with Gasteiger partial charge in [0.25, 0.3) is 0 Å². The topological polar surface area (TPSA) is 46.5 Å².